The van der Waals surface area contributed by atoms with E-state index in [2.05, 4.69) is 15.6 Å². The summed E-state index contributed by atoms with van der Waals surface area (Å²) in [6.07, 6.45) is 0.749. The first-order valence-corrected chi connectivity index (χ1v) is 10.8. The van der Waals surface area contributed by atoms with Crippen molar-refractivity contribution in [1.82, 2.24) is 5.32 Å². The molecular weight excluding hydrogens is 414 g/mol. The molecular formula is C23H23N3O4S. The number of nitrogens with zero attached hydrogens (tertiary/aromatic N) is 1. The van der Waals surface area contributed by atoms with Gasteiger partial charge in [-0.25, -0.2) is 0 Å². The third kappa shape index (κ3) is 5.88. The van der Waals surface area contributed by atoms with E-state index in [4.69, 9.17) is 0 Å². The van der Waals surface area contributed by atoms with Crippen LogP contribution in [0.25, 0.3) is 0 Å². The molecule has 1 heterocycles. The molecule has 1 aliphatic heterocycles. The molecule has 2 atom stereocenters. The molecule has 160 valence electrons. The molecule has 2 aromatic carbocycles. The normalized spacial score (nSPS) is 16.8. The Kier molecular flexibility index (Phi) is 7.36. The van der Waals surface area contributed by atoms with Crippen molar-refractivity contribution in [2.75, 3.05) is 5.32 Å². The molecule has 7 nitrogen and oxygen atoms in total. The Hall–Kier alpha value is -3.26. The van der Waals surface area contributed by atoms with Gasteiger partial charge in [0.1, 0.15) is 5.92 Å². The fourth-order valence-electron chi connectivity index (χ4n) is 3.06. The van der Waals surface area contributed by atoms with Crippen LogP contribution in [0.2, 0.25) is 0 Å². The van der Waals surface area contributed by atoms with Crippen molar-refractivity contribution >= 4 is 46.1 Å². The van der Waals surface area contributed by atoms with Gasteiger partial charge in [0, 0.05) is 11.3 Å². The van der Waals surface area contributed by atoms with Gasteiger partial charge in [0.05, 0.1) is 5.25 Å². The lowest BCUT2D eigenvalue weighted by Gasteiger charge is -2.22. The molecule has 8 heteroatoms. The Balaban J connectivity index is 1.63. The summed E-state index contributed by atoms with van der Waals surface area (Å²) in [7, 11) is 0. The Bertz CT molecular complexity index is 1020. The van der Waals surface area contributed by atoms with E-state index in [1.165, 1.54) is 6.92 Å². The number of Topliss-reactive ketones (excluding diaryl/α,β-unsaturated/α-hetero) is 1. The average molecular weight is 438 g/mol. The van der Waals surface area contributed by atoms with Gasteiger partial charge < -0.3 is 10.6 Å². The summed E-state index contributed by atoms with van der Waals surface area (Å²) in [5.41, 5.74) is 1.99. The van der Waals surface area contributed by atoms with E-state index in [0.29, 0.717) is 17.7 Å². The fraction of sp³-hybridized carbons (Fsp3) is 0.261. The quantitative estimate of drug-likeness (QED) is 0.511. The molecule has 3 rings (SSSR count). The predicted octanol–water partition coefficient (Wildman–Crippen LogP) is 3.21. The molecule has 0 fully saturated rings. The fourth-order valence-corrected chi connectivity index (χ4v) is 3.97. The largest absolute Gasteiger partial charge is 0.325 e. The van der Waals surface area contributed by atoms with Gasteiger partial charge in [0.15, 0.2) is 11.0 Å². The number of hydrogen-bond acceptors (Lipinski definition) is 5. The van der Waals surface area contributed by atoms with Crippen molar-refractivity contribution < 1.29 is 19.2 Å². The third-order valence-electron chi connectivity index (χ3n) is 4.82. The maximum Gasteiger partial charge on any atom is 0.261 e. The van der Waals surface area contributed by atoms with Gasteiger partial charge in [-0.2, -0.15) is 4.99 Å². The minimum atomic E-state index is -0.875. The van der Waals surface area contributed by atoms with Gasteiger partial charge in [-0.1, -0.05) is 49.0 Å². The number of thioether (sulfide) groups is 1. The Morgan fingerprint density at radius 2 is 1.77 bits per heavy atom. The Labute approximate surface area is 184 Å². The van der Waals surface area contributed by atoms with Crippen LogP contribution in [0, 0.1) is 5.92 Å². The van der Waals surface area contributed by atoms with E-state index in [1.54, 1.807) is 24.3 Å². The van der Waals surface area contributed by atoms with Crippen LogP contribution in [0.15, 0.2) is 59.6 Å². The SMILES string of the molecule is CCC(SC1=NC(=O)C(Cc2ccccc2)C(=O)N1)C(=O)Nc1ccc(C(C)=O)cc1. The number of nitrogens with one attached hydrogen (secondary N) is 2. The predicted molar refractivity (Wildman–Crippen MR) is 121 cm³/mol. The van der Waals surface area contributed by atoms with Crippen molar-refractivity contribution in [3.8, 4) is 0 Å². The minimum Gasteiger partial charge on any atom is -0.325 e. The number of ketones is 1. The topological polar surface area (TPSA) is 105 Å². The number of amides is 3. The molecule has 31 heavy (non-hydrogen) atoms. The molecule has 2 unspecified atom stereocenters. The third-order valence-corrected chi connectivity index (χ3v) is 6.06. The molecule has 0 bridgehead atoms. The zero-order valence-electron chi connectivity index (χ0n) is 17.3. The van der Waals surface area contributed by atoms with Crippen molar-refractivity contribution in [3.05, 3.63) is 65.7 Å². The lowest BCUT2D eigenvalue weighted by atomic mass is 9.97. The molecule has 0 saturated carbocycles. The van der Waals surface area contributed by atoms with Gasteiger partial charge in [0.2, 0.25) is 11.8 Å². The molecule has 1 aliphatic rings. The molecule has 2 aromatic rings. The van der Waals surface area contributed by atoms with Gasteiger partial charge in [-0.05, 0) is 49.6 Å². The van der Waals surface area contributed by atoms with Gasteiger partial charge in [0.25, 0.3) is 5.91 Å². The molecule has 0 saturated heterocycles. The van der Waals surface area contributed by atoms with Crippen LogP contribution in [0.3, 0.4) is 0 Å². The van der Waals surface area contributed by atoms with E-state index < -0.39 is 23.0 Å². The first-order chi connectivity index (χ1) is 14.9. The van der Waals surface area contributed by atoms with Crippen LogP contribution in [-0.4, -0.2) is 33.9 Å². The number of carbonyl (C=O) groups excluding carboxylic acids is 4. The van der Waals surface area contributed by atoms with Crippen LogP contribution < -0.4 is 10.6 Å². The number of aliphatic imine (C=N–C) groups is 1. The number of carbonyl (C=O) groups is 4. The highest BCUT2D eigenvalue weighted by Gasteiger charge is 2.33. The first kappa shape index (κ1) is 22.4. The summed E-state index contributed by atoms with van der Waals surface area (Å²) in [4.78, 5) is 53.0. The number of hydrogen-bond donors (Lipinski definition) is 2. The van der Waals surface area contributed by atoms with E-state index in [0.717, 1.165) is 17.3 Å². The Morgan fingerprint density at radius 3 is 2.35 bits per heavy atom. The number of amidine groups is 1. The maximum absolute atomic E-state index is 12.7. The average Bonchev–Trinajstić information content (AvgIpc) is 2.75. The van der Waals surface area contributed by atoms with Crippen molar-refractivity contribution in [3.63, 3.8) is 0 Å². The molecule has 0 radical (unpaired) electrons. The number of anilines is 1. The summed E-state index contributed by atoms with van der Waals surface area (Å²) < 4.78 is 0. The zero-order chi connectivity index (χ0) is 22.4. The van der Waals surface area contributed by atoms with E-state index in [-0.39, 0.29) is 23.3 Å². The highest BCUT2D eigenvalue weighted by Crippen LogP contribution is 2.22. The highest BCUT2D eigenvalue weighted by molar-refractivity contribution is 8.15. The van der Waals surface area contributed by atoms with Gasteiger partial charge in [-0.3, -0.25) is 19.2 Å². The number of benzene rings is 2. The van der Waals surface area contributed by atoms with E-state index in [9.17, 15) is 19.2 Å². The minimum absolute atomic E-state index is 0.0545. The van der Waals surface area contributed by atoms with Crippen molar-refractivity contribution in [2.24, 2.45) is 10.9 Å². The summed E-state index contributed by atoms with van der Waals surface area (Å²) in [6.45, 7) is 3.31. The van der Waals surface area contributed by atoms with Crippen LogP contribution in [0.1, 0.15) is 36.2 Å². The van der Waals surface area contributed by atoms with Gasteiger partial charge in [-0.15, -0.1) is 0 Å². The molecule has 0 aromatic heterocycles. The second kappa shape index (κ2) is 10.2. The van der Waals surface area contributed by atoms with Crippen LogP contribution >= 0.6 is 11.8 Å². The molecule has 0 aliphatic carbocycles. The summed E-state index contributed by atoms with van der Waals surface area (Å²) in [5.74, 6) is -2.13. The summed E-state index contributed by atoms with van der Waals surface area (Å²) in [5, 5.41) is 5.03. The second-order valence-corrected chi connectivity index (χ2v) is 8.32. The van der Waals surface area contributed by atoms with Gasteiger partial charge >= 0.3 is 0 Å². The maximum atomic E-state index is 12.7. The molecule has 3 amide bonds. The monoisotopic (exact) mass is 437 g/mol. The van der Waals surface area contributed by atoms with Crippen LogP contribution in [0.4, 0.5) is 5.69 Å². The Morgan fingerprint density at radius 1 is 1.10 bits per heavy atom. The summed E-state index contributed by atoms with van der Waals surface area (Å²) in [6, 6.07) is 15.9. The van der Waals surface area contributed by atoms with Crippen molar-refractivity contribution in [1.29, 1.82) is 0 Å². The zero-order valence-corrected chi connectivity index (χ0v) is 18.1. The number of rotatable bonds is 7. The smallest absolute Gasteiger partial charge is 0.261 e. The van der Waals surface area contributed by atoms with Crippen molar-refractivity contribution in [2.45, 2.75) is 31.9 Å². The lowest BCUT2D eigenvalue weighted by Crippen LogP contribution is -2.44. The highest BCUT2D eigenvalue weighted by atomic mass is 32.2. The second-order valence-electron chi connectivity index (χ2n) is 7.12. The van der Waals surface area contributed by atoms with E-state index >= 15 is 0 Å². The molecule has 0 spiro atoms. The van der Waals surface area contributed by atoms with E-state index in [1.807, 2.05) is 37.3 Å². The van der Waals surface area contributed by atoms with Crippen LogP contribution in [0.5, 0.6) is 0 Å². The molecule has 2 N–H and O–H groups in total. The standard InChI is InChI=1S/C23H23N3O4S/c1-3-19(22(30)24-17-11-9-16(10-12-17)14(2)27)31-23-25-20(28)18(21(29)26-23)13-15-7-5-4-6-8-15/h4-12,18-19H,3,13H2,1-2H3,(H,24,30)(H,25,26,28,29). The van der Waals surface area contributed by atoms with Crippen LogP contribution in [-0.2, 0) is 20.8 Å². The lowest BCUT2D eigenvalue weighted by molar-refractivity contribution is -0.133. The summed E-state index contributed by atoms with van der Waals surface area (Å²) >= 11 is 1.05. The first-order valence-electron chi connectivity index (χ1n) is 9.93.